The van der Waals surface area contributed by atoms with E-state index in [9.17, 15) is 5.26 Å². The molecule has 0 N–H and O–H groups in total. The van der Waals surface area contributed by atoms with Crippen molar-refractivity contribution in [2.75, 3.05) is 0 Å². The van der Waals surface area contributed by atoms with E-state index in [1.165, 1.54) is 0 Å². The van der Waals surface area contributed by atoms with E-state index >= 15 is 0 Å². The first-order valence-electron chi connectivity index (χ1n) is 6.45. The van der Waals surface area contributed by atoms with Gasteiger partial charge in [0, 0.05) is 13.0 Å². The van der Waals surface area contributed by atoms with Gasteiger partial charge in [-0.3, -0.25) is 0 Å². The largest absolute Gasteiger partial charge is 0.331 e. The highest BCUT2D eigenvalue weighted by molar-refractivity contribution is 5.77. The Hall–Kier alpha value is -1.82. The second-order valence-electron chi connectivity index (χ2n) is 5.58. The van der Waals surface area contributed by atoms with Crippen molar-refractivity contribution < 1.29 is 0 Å². The molecule has 0 unspecified atom stereocenters. The number of hydrogen-bond donors (Lipinski definition) is 0. The molecule has 3 heteroatoms. The maximum Gasteiger partial charge on any atom is 0.112 e. The van der Waals surface area contributed by atoms with Gasteiger partial charge >= 0.3 is 0 Å². The Balaban J connectivity index is 2.17. The second kappa shape index (κ2) is 3.58. The lowest BCUT2D eigenvalue weighted by atomic mass is 9.97. The average molecular weight is 239 g/mol. The number of imidazole rings is 1. The van der Waals surface area contributed by atoms with Gasteiger partial charge in [0.05, 0.1) is 22.5 Å². The summed E-state index contributed by atoms with van der Waals surface area (Å²) in [6, 6.07) is 8.72. The molecule has 92 valence electrons. The number of hydrogen-bond acceptors (Lipinski definition) is 2. The Morgan fingerprint density at radius 3 is 2.67 bits per heavy atom. The molecule has 1 heterocycles. The molecular weight excluding hydrogens is 222 g/mol. The van der Waals surface area contributed by atoms with E-state index in [0.29, 0.717) is 5.92 Å². The SMILES string of the molecule is CC(C)c1nc2cc(C3(C#N)CC3)ccc2n1C. The van der Waals surface area contributed by atoms with E-state index in [0.717, 1.165) is 35.3 Å². The van der Waals surface area contributed by atoms with Gasteiger partial charge in [-0.25, -0.2) is 4.98 Å². The lowest BCUT2D eigenvalue weighted by Gasteiger charge is -2.06. The monoisotopic (exact) mass is 239 g/mol. The van der Waals surface area contributed by atoms with Crippen LogP contribution in [0, 0.1) is 11.3 Å². The third-order valence-electron chi connectivity index (χ3n) is 3.95. The van der Waals surface area contributed by atoms with E-state index in [2.05, 4.69) is 49.7 Å². The summed E-state index contributed by atoms with van der Waals surface area (Å²) in [7, 11) is 2.06. The first-order chi connectivity index (χ1) is 8.57. The van der Waals surface area contributed by atoms with E-state index in [4.69, 9.17) is 4.98 Å². The van der Waals surface area contributed by atoms with Crippen molar-refractivity contribution in [2.24, 2.45) is 7.05 Å². The first-order valence-corrected chi connectivity index (χ1v) is 6.45. The van der Waals surface area contributed by atoms with Crippen LogP contribution >= 0.6 is 0 Å². The molecule has 3 nitrogen and oxygen atoms in total. The summed E-state index contributed by atoms with van der Waals surface area (Å²) in [4.78, 5) is 4.70. The number of benzene rings is 1. The van der Waals surface area contributed by atoms with Gasteiger partial charge in [-0.2, -0.15) is 5.26 Å². The lowest BCUT2D eigenvalue weighted by Crippen LogP contribution is -2.02. The maximum atomic E-state index is 9.25. The van der Waals surface area contributed by atoms with Crippen molar-refractivity contribution in [3.63, 3.8) is 0 Å². The standard InChI is InChI=1S/C15H17N3/c1-10(2)14-17-12-8-11(15(9-16)6-7-15)4-5-13(12)18(14)3/h4-5,8,10H,6-7H2,1-3H3. The van der Waals surface area contributed by atoms with Crippen molar-refractivity contribution in [1.82, 2.24) is 9.55 Å². The van der Waals surface area contributed by atoms with Crippen LogP contribution in [0.15, 0.2) is 18.2 Å². The fourth-order valence-electron chi connectivity index (χ4n) is 2.62. The van der Waals surface area contributed by atoms with Gasteiger partial charge in [0.2, 0.25) is 0 Å². The van der Waals surface area contributed by atoms with Crippen LogP contribution in [0.1, 0.15) is 44.0 Å². The molecule has 0 amide bonds. The first kappa shape index (κ1) is 11.3. The van der Waals surface area contributed by atoms with Crippen LogP contribution in [0.2, 0.25) is 0 Å². The van der Waals surface area contributed by atoms with E-state index in [-0.39, 0.29) is 5.41 Å². The molecule has 1 aliphatic carbocycles. The predicted octanol–water partition coefficient (Wildman–Crippen LogP) is 3.25. The molecule has 0 spiro atoms. The zero-order valence-electron chi connectivity index (χ0n) is 11.1. The number of rotatable bonds is 2. The number of aryl methyl sites for hydroxylation is 1. The molecule has 2 aromatic rings. The maximum absolute atomic E-state index is 9.25. The molecule has 3 rings (SSSR count). The van der Waals surface area contributed by atoms with Crippen molar-refractivity contribution >= 4 is 11.0 Å². The zero-order chi connectivity index (χ0) is 12.9. The molecule has 0 radical (unpaired) electrons. The molecule has 0 bridgehead atoms. The smallest absolute Gasteiger partial charge is 0.112 e. The van der Waals surface area contributed by atoms with Crippen molar-refractivity contribution in [3.05, 3.63) is 29.6 Å². The minimum atomic E-state index is -0.219. The fraction of sp³-hybridized carbons (Fsp3) is 0.467. The molecule has 1 saturated carbocycles. The van der Waals surface area contributed by atoms with Crippen LogP contribution in [0.25, 0.3) is 11.0 Å². The average Bonchev–Trinajstić information content (AvgIpc) is 3.09. The van der Waals surface area contributed by atoms with Crippen molar-refractivity contribution in [3.8, 4) is 6.07 Å². The van der Waals surface area contributed by atoms with Crippen LogP contribution < -0.4 is 0 Å². The van der Waals surface area contributed by atoms with Crippen molar-refractivity contribution in [1.29, 1.82) is 5.26 Å². The molecule has 1 aromatic carbocycles. The van der Waals surface area contributed by atoms with E-state index in [1.54, 1.807) is 0 Å². The minimum Gasteiger partial charge on any atom is -0.331 e. The summed E-state index contributed by atoms with van der Waals surface area (Å²) in [5, 5.41) is 9.25. The summed E-state index contributed by atoms with van der Waals surface area (Å²) < 4.78 is 2.15. The highest BCUT2D eigenvalue weighted by Gasteiger charge is 2.45. The number of nitrogens with zero attached hydrogens (tertiary/aromatic N) is 3. The zero-order valence-corrected chi connectivity index (χ0v) is 11.1. The molecule has 0 aliphatic heterocycles. The van der Waals surface area contributed by atoms with Gasteiger partial charge in [-0.05, 0) is 30.5 Å². The molecular formula is C15H17N3. The van der Waals surface area contributed by atoms with Crippen LogP contribution in [0.4, 0.5) is 0 Å². The molecule has 1 fully saturated rings. The number of fused-ring (bicyclic) bond motifs is 1. The Morgan fingerprint density at radius 1 is 1.39 bits per heavy atom. The minimum absolute atomic E-state index is 0.219. The number of aromatic nitrogens is 2. The third-order valence-corrected chi connectivity index (χ3v) is 3.95. The predicted molar refractivity (Wildman–Crippen MR) is 71.3 cm³/mol. The van der Waals surface area contributed by atoms with Crippen LogP contribution in [0.3, 0.4) is 0 Å². The highest BCUT2D eigenvalue weighted by Crippen LogP contribution is 2.48. The molecule has 1 aliphatic rings. The Bertz CT molecular complexity index is 654. The fourth-order valence-corrected chi connectivity index (χ4v) is 2.62. The summed E-state index contributed by atoms with van der Waals surface area (Å²) in [6.07, 6.45) is 1.97. The van der Waals surface area contributed by atoms with Gasteiger partial charge in [0.15, 0.2) is 0 Å². The molecule has 1 aromatic heterocycles. The number of nitriles is 1. The third kappa shape index (κ3) is 1.45. The van der Waals surface area contributed by atoms with Crippen LogP contribution in [0.5, 0.6) is 0 Å². The normalized spacial score (nSPS) is 17.1. The summed E-state index contributed by atoms with van der Waals surface area (Å²) >= 11 is 0. The van der Waals surface area contributed by atoms with Gasteiger partial charge in [0.1, 0.15) is 5.82 Å². The summed E-state index contributed by atoms with van der Waals surface area (Å²) in [5.74, 6) is 1.51. The van der Waals surface area contributed by atoms with Gasteiger partial charge in [0.25, 0.3) is 0 Å². The van der Waals surface area contributed by atoms with Crippen LogP contribution in [-0.4, -0.2) is 9.55 Å². The van der Waals surface area contributed by atoms with Gasteiger partial charge in [-0.15, -0.1) is 0 Å². The Morgan fingerprint density at radius 2 is 2.11 bits per heavy atom. The molecule has 18 heavy (non-hydrogen) atoms. The van der Waals surface area contributed by atoms with Crippen molar-refractivity contribution in [2.45, 2.75) is 38.0 Å². The molecule has 0 atom stereocenters. The lowest BCUT2D eigenvalue weighted by molar-refractivity contribution is 0.722. The van der Waals surface area contributed by atoms with Gasteiger partial charge < -0.3 is 4.57 Å². The summed E-state index contributed by atoms with van der Waals surface area (Å²) in [5.41, 5.74) is 3.08. The second-order valence-corrected chi connectivity index (χ2v) is 5.58. The Labute approximate surface area is 107 Å². The topological polar surface area (TPSA) is 41.6 Å². The van der Waals surface area contributed by atoms with Crippen LogP contribution in [-0.2, 0) is 12.5 Å². The molecule has 0 saturated heterocycles. The Kier molecular flexibility index (Phi) is 2.25. The highest BCUT2D eigenvalue weighted by atomic mass is 15.1. The quantitative estimate of drug-likeness (QED) is 0.807. The summed E-state index contributed by atoms with van der Waals surface area (Å²) in [6.45, 7) is 4.31. The van der Waals surface area contributed by atoms with E-state index in [1.807, 2.05) is 0 Å². The van der Waals surface area contributed by atoms with E-state index < -0.39 is 0 Å². The van der Waals surface area contributed by atoms with Gasteiger partial charge in [-0.1, -0.05) is 19.9 Å².